The number of halogens is 3. The van der Waals surface area contributed by atoms with Gasteiger partial charge in [0.15, 0.2) is 0 Å². The molecule has 2 atom stereocenters. The van der Waals surface area contributed by atoms with Crippen LogP contribution in [0.25, 0.3) is 0 Å². The number of carbonyl (C=O) groups is 2. The van der Waals surface area contributed by atoms with Crippen molar-refractivity contribution >= 4 is 17.8 Å². The van der Waals surface area contributed by atoms with Gasteiger partial charge in [0, 0.05) is 25.7 Å². The van der Waals surface area contributed by atoms with Crippen molar-refractivity contribution in [3.63, 3.8) is 0 Å². The van der Waals surface area contributed by atoms with Gasteiger partial charge >= 0.3 is 12.1 Å². The molecule has 2 N–H and O–H groups in total. The number of carboxylic acids is 1. The molecule has 11 heteroatoms. The molecule has 2 unspecified atom stereocenters. The number of rotatable bonds is 17. The molecule has 1 amide bonds. The number of carboxylic acid groups (broad SMARTS) is 1. The molecule has 0 radical (unpaired) electrons. The smallest absolute Gasteiger partial charge is 0.406 e. The minimum absolute atomic E-state index is 0.0799. The molecule has 1 aromatic heterocycles. The zero-order chi connectivity index (χ0) is 31.5. The number of ether oxygens (including phenoxy) is 1. The Bertz CT molecular complexity index is 1210. The summed E-state index contributed by atoms with van der Waals surface area (Å²) in [5, 5.41) is 12.7. The summed E-state index contributed by atoms with van der Waals surface area (Å²) < 4.78 is 49.7. The summed E-state index contributed by atoms with van der Waals surface area (Å²) in [6.07, 6.45) is 8.58. The number of hydrogen-bond donors (Lipinski definition) is 2. The normalized spacial score (nSPS) is 18.4. The first-order valence-electron chi connectivity index (χ1n) is 16.3. The molecular formula is C33H47F3N4O4. The van der Waals surface area contributed by atoms with Crippen LogP contribution in [0.3, 0.4) is 0 Å². The fourth-order valence-electron chi connectivity index (χ4n) is 6.40. The van der Waals surface area contributed by atoms with E-state index in [2.05, 4.69) is 21.8 Å². The number of anilines is 1. The molecule has 2 aliphatic heterocycles. The zero-order valence-electron chi connectivity index (χ0n) is 25.8. The zero-order valence-corrected chi connectivity index (χ0v) is 25.8. The number of hydrogen-bond acceptors (Lipinski definition) is 5. The lowest BCUT2D eigenvalue weighted by molar-refractivity contribution is -0.169. The van der Waals surface area contributed by atoms with Crippen LogP contribution in [0.1, 0.15) is 107 Å². The molecule has 0 aliphatic carbocycles. The largest absolute Gasteiger partial charge is 0.493 e. The summed E-state index contributed by atoms with van der Waals surface area (Å²) in [7, 11) is 0. The van der Waals surface area contributed by atoms with Crippen molar-refractivity contribution < 1.29 is 32.6 Å². The quantitative estimate of drug-likeness (QED) is 0.180. The number of nitrogens with zero attached hydrogens (tertiary/aromatic N) is 3. The number of aliphatic carboxylic acids is 1. The highest BCUT2D eigenvalue weighted by atomic mass is 19.4. The van der Waals surface area contributed by atoms with Crippen molar-refractivity contribution in [3.8, 4) is 5.75 Å². The predicted molar refractivity (Wildman–Crippen MR) is 163 cm³/mol. The third-order valence-electron chi connectivity index (χ3n) is 8.62. The Morgan fingerprint density at radius 1 is 1.11 bits per heavy atom. The van der Waals surface area contributed by atoms with Crippen LogP contribution in [0, 0.1) is 5.92 Å². The minimum Gasteiger partial charge on any atom is -0.493 e. The summed E-state index contributed by atoms with van der Waals surface area (Å²) in [5.74, 6) is -1.65. The monoisotopic (exact) mass is 620 g/mol. The molecular weight excluding hydrogens is 573 g/mol. The Kier molecular flexibility index (Phi) is 12.4. The number of fused-ring (bicyclic) bond motifs is 2. The highest BCUT2D eigenvalue weighted by molar-refractivity contribution is 5.84. The number of aryl methyl sites for hydroxylation is 1. The van der Waals surface area contributed by atoms with Crippen molar-refractivity contribution in [1.82, 2.24) is 14.5 Å². The van der Waals surface area contributed by atoms with E-state index >= 15 is 0 Å². The number of alkyl halides is 3. The van der Waals surface area contributed by atoms with Crippen molar-refractivity contribution in [3.05, 3.63) is 41.2 Å². The van der Waals surface area contributed by atoms with Gasteiger partial charge in [-0.15, -0.1) is 0 Å². The van der Waals surface area contributed by atoms with Crippen LogP contribution in [0.4, 0.5) is 19.1 Å². The second-order valence-corrected chi connectivity index (χ2v) is 12.2. The molecule has 4 rings (SSSR count). The first-order valence-corrected chi connectivity index (χ1v) is 16.3. The molecule has 0 fully saturated rings. The molecule has 8 nitrogen and oxygen atoms in total. The van der Waals surface area contributed by atoms with Gasteiger partial charge in [-0.1, -0.05) is 70.8 Å². The van der Waals surface area contributed by atoms with E-state index in [-0.39, 0.29) is 6.42 Å². The van der Waals surface area contributed by atoms with Gasteiger partial charge in [-0.3, -0.25) is 9.59 Å². The van der Waals surface area contributed by atoms with E-state index < -0.39 is 43.0 Å². The van der Waals surface area contributed by atoms with E-state index in [0.29, 0.717) is 42.7 Å². The van der Waals surface area contributed by atoms with E-state index in [4.69, 9.17) is 4.74 Å². The standard InChI is InChI=1S/C33H47F3N4O4/c1-2-3-4-5-6-7-8-9-10-12-29-28-21-27(44-18-15-26-22-39-17-11-16-37-32(39)38-26)14-13-24(28)19-25(20-30(41)42)31(43)40(29)23-33(34,35)36/h13-14,21-22,25,29H,2-12,15-20,23H2,1H3,(H,37,38)(H,41,42). The second-order valence-electron chi connectivity index (χ2n) is 12.2. The van der Waals surface area contributed by atoms with E-state index in [1.807, 2.05) is 6.20 Å². The summed E-state index contributed by atoms with van der Waals surface area (Å²) >= 11 is 0. The molecule has 1 aromatic carbocycles. The number of carbonyl (C=O) groups excluding carboxylic acids is 1. The number of unbranched alkanes of at least 4 members (excludes halogenated alkanes) is 8. The summed E-state index contributed by atoms with van der Waals surface area (Å²) in [6.45, 7) is 2.92. The molecule has 0 spiro atoms. The van der Waals surface area contributed by atoms with Crippen LogP contribution >= 0.6 is 0 Å². The lowest BCUT2D eigenvalue weighted by Crippen LogP contribution is -2.44. The molecule has 44 heavy (non-hydrogen) atoms. The number of amides is 1. The Morgan fingerprint density at radius 2 is 1.84 bits per heavy atom. The van der Waals surface area contributed by atoms with E-state index in [0.717, 1.165) is 61.7 Å². The van der Waals surface area contributed by atoms with Gasteiger partial charge in [0.25, 0.3) is 0 Å². The van der Waals surface area contributed by atoms with Gasteiger partial charge in [-0.05, 0) is 42.5 Å². The Morgan fingerprint density at radius 3 is 2.52 bits per heavy atom. The van der Waals surface area contributed by atoms with Crippen LogP contribution < -0.4 is 10.1 Å². The van der Waals surface area contributed by atoms with Crippen LogP contribution in [0.5, 0.6) is 5.75 Å². The SMILES string of the molecule is CCCCCCCCCCCC1c2cc(OCCc3cn4c(n3)NCCC4)ccc2CC(CC(=O)O)C(=O)N1CC(F)(F)F. The molecule has 2 aliphatic rings. The maximum Gasteiger partial charge on any atom is 0.406 e. The topological polar surface area (TPSA) is 96.7 Å². The number of aromatic nitrogens is 2. The van der Waals surface area contributed by atoms with Crippen molar-refractivity contribution in [2.45, 2.75) is 116 Å². The molecule has 2 aromatic rings. The van der Waals surface area contributed by atoms with Crippen molar-refractivity contribution in [2.75, 3.05) is 25.0 Å². The molecule has 0 saturated heterocycles. The third kappa shape index (κ3) is 9.89. The third-order valence-corrected chi connectivity index (χ3v) is 8.62. The van der Waals surface area contributed by atoms with E-state index in [1.54, 1.807) is 18.2 Å². The molecule has 244 valence electrons. The van der Waals surface area contributed by atoms with Crippen molar-refractivity contribution in [1.29, 1.82) is 0 Å². The fourth-order valence-corrected chi connectivity index (χ4v) is 6.40. The predicted octanol–water partition coefficient (Wildman–Crippen LogP) is 7.32. The van der Waals surface area contributed by atoms with Crippen LogP contribution in [-0.4, -0.2) is 57.3 Å². The minimum atomic E-state index is -4.61. The number of nitrogens with one attached hydrogen (secondary N) is 1. The average Bonchev–Trinajstić information content (AvgIpc) is 3.36. The maximum absolute atomic E-state index is 13.8. The first-order chi connectivity index (χ1) is 21.1. The highest BCUT2D eigenvalue weighted by Crippen LogP contribution is 2.39. The van der Waals surface area contributed by atoms with Gasteiger partial charge in [0.2, 0.25) is 11.9 Å². The van der Waals surface area contributed by atoms with E-state index in [9.17, 15) is 27.9 Å². The van der Waals surface area contributed by atoms with Crippen LogP contribution in [-0.2, 0) is 29.0 Å². The van der Waals surface area contributed by atoms with Gasteiger partial charge in [-0.25, -0.2) is 4.98 Å². The van der Waals surface area contributed by atoms with Gasteiger partial charge < -0.3 is 24.6 Å². The Labute approximate surface area is 258 Å². The van der Waals surface area contributed by atoms with Gasteiger partial charge in [-0.2, -0.15) is 13.2 Å². The lowest BCUT2D eigenvalue weighted by Gasteiger charge is -2.33. The summed E-state index contributed by atoms with van der Waals surface area (Å²) in [6, 6.07) is 4.49. The second kappa shape index (κ2) is 16.2. The van der Waals surface area contributed by atoms with Crippen LogP contribution in [0.2, 0.25) is 0 Å². The summed E-state index contributed by atoms with van der Waals surface area (Å²) in [4.78, 5) is 30.6. The Balaban J connectivity index is 1.49. The fraction of sp³-hybridized carbons (Fsp3) is 0.667. The first kappa shape index (κ1) is 33.6. The highest BCUT2D eigenvalue weighted by Gasteiger charge is 2.42. The molecule has 3 heterocycles. The van der Waals surface area contributed by atoms with Gasteiger partial charge in [0.05, 0.1) is 30.7 Å². The maximum atomic E-state index is 13.8. The number of imidazole rings is 1. The number of benzene rings is 1. The van der Waals surface area contributed by atoms with Gasteiger partial charge in [0.1, 0.15) is 12.3 Å². The van der Waals surface area contributed by atoms with Crippen LogP contribution in [0.15, 0.2) is 24.4 Å². The molecule has 0 saturated carbocycles. The summed E-state index contributed by atoms with van der Waals surface area (Å²) in [5.41, 5.74) is 2.22. The van der Waals surface area contributed by atoms with E-state index in [1.165, 1.54) is 25.7 Å². The average molecular weight is 621 g/mol. The Hall–Kier alpha value is -3.24. The van der Waals surface area contributed by atoms with Crippen molar-refractivity contribution in [2.24, 2.45) is 5.92 Å². The lowest BCUT2D eigenvalue weighted by atomic mass is 9.91. The molecule has 0 bridgehead atoms.